The topological polar surface area (TPSA) is 41.1 Å². The van der Waals surface area contributed by atoms with Crippen molar-refractivity contribution in [3.63, 3.8) is 0 Å². The number of hydrogen-bond acceptors (Lipinski definition) is 2. The second-order valence-electron chi connectivity index (χ2n) is 4.43. The van der Waals surface area contributed by atoms with Gasteiger partial charge in [-0.3, -0.25) is 4.79 Å². The van der Waals surface area contributed by atoms with Crippen molar-refractivity contribution < 1.29 is 18.0 Å². The molecular formula is C15H13F3N2O. The van der Waals surface area contributed by atoms with Gasteiger partial charge in [0.25, 0.3) is 5.91 Å². The Bertz CT molecular complexity index is 678. The summed E-state index contributed by atoms with van der Waals surface area (Å²) < 4.78 is 40.6. The highest BCUT2D eigenvalue weighted by Gasteiger charge is 2.15. The molecule has 2 aromatic carbocycles. The maximum Gasteiger partial charge on any atom is 0.255 e. The molecule has 110 valence electrons. The molecule has 2 N–H and O–H groups in total. The van der Waals surface area contributed by atoms with Crippen LogP contribution in [0.5, 0.6) is 0 Å². The lowest BCUT2D eigenvalue weighted by Crippen LogP contribution is -2.14. The van der Waals surface area contributed by atoms with Crippen LogP contribution in [0.15, 0.2) is 30.3 Å². The summed E-state index contributed by atoms with van der Waals surface area (Å²) in [4.78, 5) is 12.0. The van der Waals surface area contributed by atoms with Gasteiger partial charge in [0.2, 0.25) is 0 Å². The minimum Gasteiger partial charge on any atom is -0.383 e. The zero-order valence-corrected chi connectivity index (χ0v) is 11.4. The van der Waals surface area contributed by atoms with E-state index in [-0.39, 0.29) is 22.5 Å². The van der Waals surface area contributed by atoms with Crippen molar-refractivity contribution in [3.8, 4) is 0 Å². The second kappa shape index (κ2) is 5.87. The summed E-state index contributed by atoms with van der Waals surface area (Å²) in [5.41, 5.74) is -0.00158. The number of carbonyl (C=O) groups is 1. The zero-order valence-electron chi connectivity index (χ0n) is 11.4. The molecule has 21 heavy (non-hydrogen) atoms. The lowest BCUT2D eigenvalue weighted by molar-refractivity contribution is 0.102. The van der Waals surface area contributed by atoms with Crippen molar-refractivity contribution in [2.45, 2.75) is 6.92 Å². The van der Waals surface area contributed by atoms with E-state index in [1.54, 1.807) is 0 Å². The summed E-state index contributed by atoms with van der Waals surface area (Å²) in [5.74, 6) is -2.95. The molecule has 6 heteroatoms. The molecule has 3 nitrogen and oxygen atoms in total. The molecule has 0 bridgehead atoms. The normalized spacial score (nSPS) is 10.3. The Morgan fingerprint density at radius 1 is 1.05 bits per heavy atom. The van der Waals surface area contributed by atoms with Gasteiger partial charge in [-0.2, -0.15) is 0 Å². The molecular weight excluding hydrogens is 281 g/mol. The first-order valence-corrected chi connectivity index (χ1v) is 6.17. The lowest BCUT2D eigenvalue weighted by atomic mass is 10.1. The Labute approximate surface area is 119 Å². The van der Waals surface area contributed by atoms with Gasteiger partial charge < -0.3 is 10.6 Å². The van der Waals surface area contributed by atoms with E-state index in [2.05, 4.69) is 10.6 Å². The van der Waals surface area contributed by atoms with Crippen LogP contribution in [0.3, 0.4) is 0 Å². The third kappa shape index (κ3) is 2.99. The number of carbonyl (C=O) groups excluding carboxylic acids is 1. The zero-order chi connectivity index (χ0) is 15.6. The molecule has 0 saturated carbocycles. The van der Waals surface area contributed by atoms with Crippen LogP contribution in [-0.2, 0) is 0 Å². The fraction of sp³-hybridized carbons (Fsp3) is 0.133. The van der Waals surface area contributed by atoms with E-state index < -0.39 is 23.4 Å². The van der Waals surface area contributed by atoms with E-state index in [1.807, 2.05) is 0 Å². The molecule has 0 aliphatic heterocycles. The average molecular weight is 294 g/mol. The van der Waals surface area contributed by atoms with Gasteiger partial charge in [-0.1, -0.05) is 6.07 Å². The van der Waals surface area contributed by atoms with E-state index in [4.69, 9.17) is 0 Å². The molecule has 0 unspecified atom stereocenters. The highest BCUT2D eigenvalue weighted by Crippen LogP contribution is 2.22. The van der Waals surface area contributed by atoms with Gasteiger partial charge in [0.1, 0.15) is 23.1 Å². The standard InChI is InChI=1S/C15H13F3N2O/c1-8-10(16)4-3-5-13(8)20-15(21)9-6-11(17)14(19-2)12(18)7-9/h3-7,19H,1-2H3,(H,20,21). The van der Waals surface area contributed by atoms with Gasteiger partial charge in [-0.25, -0.2) is 13.2 Å². The Kier molecular flexibility index (Phi) is 4.16. The SMILES string of the molecule is CNc1c(F)cc(C(=O)Nc2cccc(F)c2C)cc1F. The van der Waals surface area contributed by atoms with E-state index in [0.29, 0.717) is 0 Å². The van der Waals surface area contributed by atoms with Crippen LogP contribution in [0, 0.1) is 24.4 Å². The minimum absolute atomic E-state index is 0.187. The van der Waals surface area contributed by atoms with Crippen molar-refractivity contribution >= 4 is 17.3 Å². The summed E-state index contributed by atoms with van der Waals surface area (Å²) >= 11 is 0. The molecule has 0 saturated heterocycles. The van der Waals surface area contributed by atoms with E-state index in [0.717, 1.165) is 12.1 Å². The summed E-state index contributed by atoms with van der Waals surface area (Å²) in [6, 6.07) is 6.03. The molecule has 0 fully saturated rings. The summed E-state index contributed by atoms with van der Waals surface area (Å²) in [7, 11) is 1.37. The monoisotopic (exact) mass is 294 g/mol. The summed E-state index contributed by atoms with van der Waals surface area (Å²) in [6.45, 7) is 1.50. The largest absolute Gasteiger partial charge is 0.383 e. The third-order valence-electron chi connectivity index (χ3n) is 3.07. The van der Waals surface area contributed by atoms with Gasteiger partial charge >= 0.3 is 0 Å². The average Bonchev–Trinajstić information content (AvgIpc) is 2.43. The summed E-state index contributed by atoms with van der Waals surface area (Å²) in [6.07, 6.45) is 0. The number of rotatable bonds is 3. The summed E-state index contributed by atoms with van der Waals surface area (Å²) in [5, 5.41) is 4.79. The molecule has 0 aliphatic carbocycles. The fourth-order valence-electron chi connectivity index (χ4n) is 1.88. The predicted molar refractivity (Wildman–Crippen MR) is 75.0 cm³/mol. The van der Waals surface area contributed by atoms with Crippen molar-refractivity contribution in [2.75, 3.05) is 17.7 Å². The smallest absolute Gasteiger partial charge is 0.255 e. The van der Waals surface area contributed by atoms with Crippen LogP contribution in [0.4, 0.5) is 24.5 Å². The Morgan fingerprint density at radius 2 is 1.67 bits per heavy atom. The quantitative estimate of drug-likeness (QED) is 0.906. The molecule has 0 heterocycles. The van der Waals surface area contributed by atoms with Crippen molar-refractivity contribution in [3.05, 3.63) is 58.9 Å². The van der Waals surface area contributed by atoms with Gasteiger partial charge in [0.15, 0.2) is 0 Å². The van der Waals surface area contributed by atoms with Crippen LogP contribution in [0.25, 0.3) is 0 Å². The highest BCUT2D eigenvalue weighted by molar-refractivity contribution is 6.04. The van der Waals surface area contributed by atoms with Gasteiger partial charge in [-0.05, 0) is 31.2 Å². The molecule has 2 aromatic rings. The molecule has 0 aromatic heterocycles. The predicted octanol–water partition coefficient (Wildman–Crippen LogP) is 3.71. The first-order chi connectivity index (χ1) is 9.93. The number of amides is 1. The minimum atomic E-state index is -0.876. The molecule has 0 atom stereocenters. The molecule has 0 radical (unpaired) electrons. The van der Waals surface area contributed by atoms with Gasteiger partial charge in [-0.15, -0.1) is 0 Å². The molecule has 2 rings (SSSR count). The third-order valence-corrected chi connectivity index (χ3v) is 3.07. The van der Waals surface area contributed by atoms with Crippen LogP contribution in [-0.4, -0.2) is 13.0 Å². The maximum atomic E-state index is 13.6. The van der Waals surface area contributed by atoms with Crippen LogP contribution < -0.4 is 10.6 Å². The van der Waals surface area contributed by atoms with Crippen LogP contribution >= 0.6 is 0 Å². The van der Waals surface area contributed by atoms with Gasteiger partial charge in [0.05, 0.1) is 0 Å². The first kappa shape index (κ1) is 14.9. The number of hydrogen-bond donors (Lipinski definition) is 2. The molecule has 0 spiro atoms. The first-order valence-electron chi connectivity index (χ1n) is 6.17. The lowest BCUT2D eigenvalue weighted by Gasteiger charge is -2.10. The fourth-order valence-corrected chi connectivity index (χ4v) is 1.88. The Hall–Kier alpha value is -2.50. The maximum absolute atomic E-state index is 13.6. The molecule has 1 amide bonds. The Balaban J connectivity index is 2.31. The number of benzene rings is 2. The van der Waals surface area contributed by atoms with Crippen molar-refractivity contribution in [2.24, 2.45) is 0 Å². The Morgan fingerprint density at radius 3 is 2.24 bits per heavy atom. The highest BCUT2D eigenvalue weighted by atomic mass is 19.1. The number of nitrogens with one attached hydrogen (secondary N) is 2. The van der Waals surface area contributed by atoms with Crippen molar-refractivity contribution in [1.29, 1.82) is 0 Å². The van der Waals surface area contributed by atoms with Gasteiger partial charge in [0, 0.05) is 23.9 Å². The van der Waals surface area contributed by atoms with E-state index >= 15 is 0 Å². The van der Waals surface area contributed by atoms with Crippen molar-refractivity contribution in [1.82, 2.24) is 0 Å². The van der Waals surface area contributed by atoms with Crippen LogP contribution in [0.1, 0.15) is 15.9 Å². The van der Waals surface area contributed by atoms with E-state index in [9.17, 15) is 18.0 Å². The van der Waals surface area contributed by atoms with Crippen LogP contribution in [0.2, 0.25) is 0 Å². The number of anilines is 2. The number of halogens is 3. The molecule has 0 aliphatic rings. The second-order valence-corrected chi connectivity index (χ2v) is 4.43. The van der Waals surface area contributed by atoms with E-state index in [1.165, 1.54) is 32.2 Å².